The van der Waals surface area contributed by atoms with Gasteiger partial charge >= 0.3 is 0 Å². The summed E-state index contributed by atoms with van der Waals surface area (Å²) >= 11 is 0. The molecule has 3 aromatic rings. The zero-order valence-electron chi connectivity index (χ0n) is 13.1. The number of hydrogen-bond acceptors (Lipinski definition) is 3. The summed E-state index contributed by atoms with van der Waals surface area (Å²) in [5, 5.41) is 7.10. The third-order valence-electron chi connectivity index (χ3n) is 4.33. The van der Waals surface area contributed by atoms with E-state index >= 15 is 0 Å². The number of amides is 1. The molecular weight excluding hydrogens is 292 g/mol. The van der Waals surface area contributed by atoms with Gasteiger partial charge in [-0.15, -0.1) is 0 Å². The molecule has 0 aliphatic carbocycles. The molecule has 0 unspecified atom stereocenters. The van der Waals surface area contributed by atoms with Crippen molar-refractivity contribution >= 4 is 11.7 Å². The molecule has 3 aromatic heterocycles. The Labute approximate surface area is 133 Å². The molecule has 4 heterocycles. The number of carbonyl (C=O) groups is 1. The predicted molar refractivity (Wildman–Crippen MR) is 86.3 cm³/mol. The maximum Gasteiger partial charge on any atom is 0.259 e. The first-order chi connectivity index (χ1) is 11.2. The van der Waals surface area contributed by atoms with E-state index in [0.29, 0.717) is 24.0 Å². The second-order valence-electron chi connectivity index (χ2n) is 5.75. The summed E-state index contributed by atoms with van der Waals surface area (Å²) in [5.41, 5.74) is 2.57. The fourth-order valence-corrected chi connectivity index (χ4v) is 3.19. The standard InChI is InChI=1S/C16H18N6O/c1-3-22-13(4-5-19-22)20-16(23)11-9-18-12-8-10(2)21-7-6-17-15(21)14(11)12/h4-7,9-10,18H,3,8H2,1-2H3,(H,20,23)/t10-/m0/s1. The molecule has 2 N–H and O–H groups in total. The molecule has 0 aromatic carbocycles. The summed E-state index contributed by atoms with van der Waals surface area (Å²) in [4.78, 5) is 20.4. The van der Waals surface area contributed by atoms with E-state index < -0.39 is 0 Å². The molecule has 7 heteroatoms. The topological polar surface area (TPSA) is 80.5 Å². The second kappa shape index (κ2) is 5.12. The molecule has 0 spiro atoms. The van der Waals surface area contributed by atoms with Crippen molar-refractivity contribution in [3.63, 3.8) is 0 Å². The molecular formula is C16H18N6O. The van der Waals surface area contributed by atoms with Gasteiger partial charge in [0.15, 0.2) is 0 Å². The molecule has 0 fully saturated rings. The van der Waals surface area contributed by atoms with Crippen LogP contribution in [0, 0.1) is 0 Å². The van der Waals surface area contributed by atoms with Gasteiger partial charge in [-0.3, -0.25) is 4.79 Å². The Balaban J connectivity index is 1.71. The van der Waals surface area contributed by atoms with Crippen molar-refractivity contribution in [2.45, 2.75) is 32.9 Å². The van der Waals surface area contributed by atoms with Crippen molar-refractivity contribution in [1.82, 2.24) is 24.3 Å². The van der Waals surface area contributed by atoms with E-state index in [1.165, 1.54) is 0 Å². The van der Waals surface area contributed by atoms with Crippen LogP contribution in [0.5, 0.6) is 0 Å². The minimum Gasteiger partial charge on any atom is -0.364 e. The lowest BCUT2D eigenvalue weighted by Gasteiger charge is -2.22. The van der Waals surface area contributed by atoms with Gasteiger partial charge in [0.05, 0.1) is 17.3 Å². The number of aromatic nitrogens is 5. The molecule has 1 atom stereocenters. The lowest BCUT2D eigenvalue weighted by molar-refractivity contribution is 0.102. The summed E-state index contributed by atoms with van der Waals surface area (Å²) in [6.45, 7) is 4.84. The first-order valence-electron chi connectivity index (χ1n) is 7.75. The van der Waals surface area contributed by atoms with E-state index in [-0.39, 0.29) is 5.91 Å². The fraction of sp³-hybridized carbons (Fsp3) is 0.312. The summed E-state index contributed by atoms with van der Waals surface area (Å²) in [6, 6.07) is 2.12. The van der Waals surface area contributed by atoms with Crippen LogP contribution in [0.25, 0.3) is 11.4 Å². The molecule has 23 heavy (non-hydrogen) atoms. The number of hydrogen-bond donors (Lipinski definition) is 2. The van der Waals surface area contributed by atoms with Crippen LogP contribution in [-0.4, -0.2) is 30.2 Å². The van der Waals surface area contributed by atoms with Crippen LogP contribution in [0.2, 0.25) is 0 Å². The van der Waals surface area contributed by atoms with Crippen molar-refractivity contribution in [2.24, 2.45) is 0 Å². The van der Waals surface area contributed by atoms with E-state index in [9.17, 15) is 4.79 Å². The SMILES string of the molecule is CCn1nccc1NC(=O)c1c[nH]c2c1-c1nccn1[C@@H](C)C2. The molecule has 0 saturated carbocycles. The smallest absolute Gasteiger partial charge is 0.259 e. The van der Waals surface area contributed by atoms with Crippen molar-refractivity contribution in [2.75, 3.05) is 5.32 Å². The van der Waals surface area contributed by atoms with Gasteiger partial charge in [0.25, 0.3) is 5.91 Å². The molecule has 0 radical (unpaired) electrons. The lowest BCUT2D eigenvalue weighted by Crippen LogP contribution is -2.19. The van der Waals surface area contributed by atoms with E-state index in [1.807, 2.05) is 13.1 Å². The van der Waals surface area contributed by atoms with E-state index in [4.69, 9.17) is 0 Å². The zero-order valence-corrected chi connectivity index (χ0v) is 13.1. The van der Waals surface area contributed by atoms with Gasteiger partial charge in [0.1, 0.15) is 11.6 Å². The van der Waals surface area contributed by atoms with Gasteiger partial charge in [-0.2, -0.15) is 5.10 Å². The van der Waals surface area contributed by atoms with Gasteiger partial charge in [0.2, 0.25) is 0 Å². The lowest BCUT2D eigenvalue weighted by atomic mass is 10.0. The van der Waals surface area contributed by atoms with Crippen LogP contribution in [0.15, 0.2) is 30.9 Å². The maximum atomic E-state index is 12.7. The van der Waals surface area contributed by atoms with Crippen LogP contribution < -0.4 is 5.32 Å². The number of anilines is 1. The highest BCUT2D eigenvalue weighted by Crippen LogP contribution is 2.35. The normalized spacial score (nSPS) is 16.0. The highest BCUT2D eigenvalue weighted by atomic mass is 16.1. The van der Waals surface area contributed by atoms with E-state index in [0.717, 1.165) is 23.5 Å². The quantitative estimate of drug-likeness (QED) is 0.780. The number of carbonyl (C=O) groups excluding carboxylic acids is 1. The Morgan fingerprint density at radius 1 is 1.48 bits per heavy atom. The third-order valence-corrected chi connectivity index (χ3v) is 4.33. The number of imidazole rings is 1. The highest BCUT2D eigenvalue weighted by molar-refractivity contribution is 6.08. The van der Waals surface area contributed by atoms with Crippen LogP contribution in [-0.2, 0) is 13.0 Å². The Kier molecular flexibility index (Phi) is 3.07. The Morgan fingerprint density at radius 2 is 2.35 bits per heavy atom. The molecule has 118 valence electrons. The van der Waals surface area contributed by atoms with Gasteiger partial charge in [-0.1, -0.05) is 0 Å². The number of aromatic amines is 1. The molecule has 1 amide bonds. The van der Waals surface area contributed by atoms with Crippen LogP contribution in [0.3, 0.4) is 0 Å². The summed E-state index contributed by atoms with van der Waals surface area (Å²) in [7, 11) is 0. The Morgan fingerprint density at radius 3 is 3.17 bits per heavy atom. The van der Waals surface area contributed by atoms with Crippen LogP contribution >= 0.6 is 0 Å². The summed E-state index contributed by atoms with van der Waals surface area (Å²) in [5.74, 6) is 1.39. The largest absolute Gasteiger partial charge is 0.364 e. The first kappa shape index (κ1) is 13.8. The summed E-state index contributed by atoms with van der Waals surface area (Å²) < 4.78 is 3.86. The van der Waals surface area contributed by atoms with E-state index in [1.54, 1.807) is 29.3 Å². The molecule has 1 aliphatic heterocycles. The summed E-state index contributed by atoms with van der Waals surface area (Å²) in [6.07, 6.45) is 8.05. The van der Waals surface area contributed by atoms with Gasteiger partial charge in [-0.25, -0.2) is 9.67 Å². The number of nitrogens with one attached hydrogen (secondary N) is 2. The van der Waals surface area contributed by atoms with Crippen LogP contribution in [0.4, 0.5) is 5.82 Å². The molecule has 0 bridgehead atoms. The van der Waals surface area contributed by atoms with Gasteiger partial charge < -0.3 is 14.9 Å². The van der Waals surface area contributed by atoms with E-state index in [2.05, 4.69) is 31.9 Å². The predicted octanol–water partition coefficient (Wildman–Crippen LogP) is 2.46. The minimum atomic E-state index is -0.151. The molecule has 0 saturated heterocycles. The molecule has 4 rings (SSSR count). The van der Waals surface area contributed by atoms with Gasteiger partial charge in [-0.05, 0) is 13.8 Å². The number of nitrogens with zero attached hydrogens (tertiary/aromatic N) is 4. The number of H-pyrrole nitrogens is 1. The number of fused-ring (bicyclic) bond motifs is 3. The second-order valence-corrected chi connectivity index (χ2v) is 5.75. The minimum absolute atomic E-state index is 0.151. The zero-order chi connectivity index (χ0) is 16.0. The number of rotatable bonds is 3. The maximum absolute atomic E-state index is 12.7. The molecule has 1 aliphatic rings. The third kappa shape index (κ3) is 2.08. The van der Waals surface area contributed by atoms with Crippen molar-refractivity contribution in [3.05, 3.63) is 42.1 Å². The monoisotopic (exact) mass is 310 g/mol. The average molecular weight is 310 g/mol. The number of aryl methyl sites for hydroxylation is 1. The highest BCUT2D eigenvalue weighted by Gasteiger charge is 2.28. The van der Waals surface area contributed by atoms with Crippen molar-refractivity contribution < 1.29 is 4.79 Å². The van der Waals surface area contributed by atoms with Crippen molar-refractivity contribution in [3.8, 4) is 11.4 Å². The van der Waals surface area contributed by atoms with Crippen LogP contribution in [0.1, 0.15) is 35.9 Å². The first-order valence-corrected chi connectivity index (χ1v) is 7.75. The van der Waals surface area contributed by atoms with Crippen molar-refractivity contribution in [1.29, 1.82) is 0 Å². The molecule has 7 nitrogen and oxygen atoms in total. The fourth-order valence-electron chi connectivity index (χ4n) is 3.19. The van der Waals surface area contributed by atoms with Gasteiger partial charge in [0, 0.05) is 49.4 Å². The average Bonchev–Trinajstić information content (AvgIpc) is 3.25. The Hall–Kier alpha value is -2.83. The Bertz CT molecular complexity index is 871.